The Morgan fingerprint density at radius 3 is 2.80 bits per heavy atom. The predicted molar refractivity (Wildman–Crippen MR) is 83.3 cm³/mol. The molecule has 5 heteroatoms. The molecule has 0 spiro atoms. The second-order valence-electron chi connectivity index (χ2n) is 5.28. The van der Waals surface area contributed by atoms with Crippen LogP contribution >= 0.6 is 11.6 Å². The van der Waals surface area contributed by atoms with E-state index in [9.17, 15) is 0 Å². The number of halogens is 1. The molecule has 1 saturated heterocycles. The summed E-state index contributed by atoms with van der Waals surface area (Å²) in [5, 5.41) is 4.18. The minimum Gasteiger partial charge on any atom is -0.326 e. The summed E-state index contributed by atoms with van der Waals surface area (Å²) >= 11 is 6.36. The number of rotatable bonds is 3. The summed E-state index contributed by atoms with van der Waals surface area (Å²) < 4.78 is 2.25. The van der Waals surface area contributed by atoms with E-state index < -0.39 is 0 Å². The molecule has 1 N–H and O–H groups in total. The molecular weight excluding hydrogens is 272 g/mol. The molecule has 108 valence electrons. The molecule has 0 amide bonds. The molecule has 4 nitrogen and oxygen atoms in total. The van der Waals surface area contributed by atoms with Gasteiger partial charge >= 0.3 is 0 Å². The number of piperazine rings is 1. The fraction of sp³-hybridized carbons (Fsp3) is 0.533. The molecule has 1 aliphatic rings. The third kappa shape index (κ3) is 2.32. The maximum atomic E-state index is 6.36. The van der Waals surface area contributed by atoms with Crippen LogP contribution in [-0.2, 0) is 6.54 Å². The lowest BCUT2D eigenvalue weighted by atomic mass is 10.2. The number of aryl methyl sites for hydroxylation is 1. The van der Waals surface area contributed by atoms with Crippen molar-refractivity contribution in [3.8, 4) is 0 Å². The van der Waals surface area contributed by atoms with Crippen LogP contribution in [0, 0.1) is 0 Å². The maximum absolute atomic E-state index is 6.36. The van der Waals surface area contributed by atoms with E-state index in [4.69, 9.17) is 16.6 Å². The lowest BCUT2D eigenvalue weighted by Crippen LogP contribution is -2.45. The second kappa shape index (κ2) is 5.72. The molecule has 3 rings (SSSR count). The first-order valence-corrected chi connectivity index (χ1v) is 7.69. The molecule has 1 unspecified atom stereocenters. The summed E-state index contributed by atoms with van der Waals surface area (Å²) in [6.45, 7) is 9.54. The van der Waals surface area contributed by atoms with E-state index in [1.165, 1.54) is 0 Å². The van der Waals surface area contributed by atoms with E-state index in [0.29, 0.717) is 6.04 Å². The van der Waals surface area contributed by atoms with Gasteiger partial charge in [0.2, 0.25) is 0 Å². The van der Waals surface area contributed by atoms with Crippen molar-refractivity contribution in [3.05, 3.63) is 29.0 Å². The first kappa shape index (κ1) is 13.9. The summed E-state index contributed by atoms with van der Waals surface area (Å²) in [6, 6.07) is 6.27. The summed E-state index contributed by atoms with van der Waals surface area (Å²) in [6.07, 6.45) is 0. The van der Waals surface area contributed by atoms with Gasteiger partial charge in [0.05, 0.1) is 22.1 Å². The minimum atomic E-state index is 0.320. The fourth-order valence-electron chi connectivity index (χ4n) is 3.03. The maximum Gasteiger partial charge on any atom is 0.127 e. The van der Waals surface area contributed by atoms with E-state index in [2.05, 4.69) is 28.6 Å². The number of aromatic nitrogens is 2. The quantitative estimate of drug-likeness (QED) is 0.944. The van der Waals surface area contributed by atoms with Gasteiger partial charge in [0.25, 0.3) is 0 Å². The third-order valence-electron chi connectivity index (χ3n) is 4.14. The monoisotopic (exact) mass is 292 g/mol. The topological polar surface area (TPSA) is 33.1 Å². The van der Waals surface area contributed by atoms with Crippen LogP contribution in [0.4, 0.5) is 0 Å². The Labute approximate surface area is 124 Å². The molecule has 0 bridgehead atoms. The first-order valence-electron chi connectivity index (χ1n) is 7.31. The summed E-state index contributed by atoms with van der Waals surface area (Å²) in [5.41, 5.74) is 2.06. The van der Waals surface area contributed by atoms with Gasteiger partial charge in [0.1, 0.15) is 5.82 Å². The van der Waals surface area contributed by atoms with E-state index in [1.807, 2.05) is 18.2 Å². The van der Waals surface area contributed by atoms with Crippen LogP contribution in [0.15, 0.2) is 18.2 Å². The van der Waals surface area contributed by atoms with Gasteiger partial charge in [-0.25, -0.2) is 4.98 Å². The van der Waals surface area contributed by atoms with Gasteiger partial charge in [-0.15, -0.1) is 0 Å². The predicted octanol–water partition coefficient (Wildman–Crippen LogP) is 2.68. The number of nitrogens with zero attached hydrogens (tertiary/aromatic N) is 3. The molecule has 1 aromatic carbocycles. The highest BCUT2D eigenvalue weighted by Gasteiger charge is 2.23. The van der Waals surface area contributed by atoms with Crippen LogP contribution in [0.2, 0.25) is 5.02 Å². The zero-order valence-corrected chi connectivity index (χ0v) is 12.8. The van der Waals surface area contributed by atoms with Gasteiger partial charge in [-0.1, -0.05) is 17.7 Å². The molecule has 1 aliphatic heterocycles. The molecule has 0 radical (unpaired) electrons. The summed E-state index contributed by atoms with van der Waals surface area (Å²) in [5.74, 6) is 1.12. The molecule has 1 aromatic heterocycles. The van der Waals surface area contributed by atoms with Gasteiger partial charge in [0.15, 0.2) is 0 Å². The Morgan fingerprint density at radius 1 is 1.35 bits per heavy atom. The number of para-hydroxylation sites is 1. The van der Waals surface area contributed by atoms with E-state index >= 15 is 0 Å². The molecule has 0 saturated carbocycles. The highest BCUT2D eigenvalue weighted by atomic mass is 35.5. The first-order chi connectivity index (χ1) is 9.72. The smallest absolute Gasteiger partial charge is 0.127 e. The second-order valence-corrected chi connectivity index (χ2v) is 5.69. The van der Waals surface area contributed by atoms with Crippen molar-refractivity contribution in [2.45, 2.75) is 26.4 Å². The third-order valence-corrected chi connectivity index (χ3v) is 4.44. The van der Waals surface area contributed by atoms with Crippen LogP contribution in [-0.4, -0.2) is 40.6 Å². The van der Waals surface area contributed by atoms with Crippen molar-refractivity contribution in [1.82, 2.24) is 19.8 Å². The molecule has 2 aromatic rings. The molecule has 20 heavy (non-hydrogen) atoms. The van der Waals surface area contributed by atoms with Crippen molar-refractivity contribution in [2.75, 3.05) is 26.2 Å². The molecule has 1 atom stereocenters. The van der Waals surface area contributed by atoms with Crippen LogP contribution in [0.25, 0.3) is 11.0 Å². The number of fused-ring (bicyclic) bond motifs is 1. The highest BCUT2D eigenvalue weighted by molar-refractivity contribution is 6.35. The number of hydrogen-bond donors (Lipinski definition) is 1. The Bertz CT molecular complexity index is 601. The largest absolute Gasteiger partial charge is 0.326 e. The fourth-order valence-corrected chi connectivity index (χ4v) is 3.30. The van der Waals surface area contributed by atoms with Crippen molar-refractivity contribution in [1.29, 1.82) is 0 Å². The van der Waals surface area contributed by atoms with Gasteiger partial charge in [-0.05, 0) is 26.0 Å². The number of benzene rings is 1. The average molecular weight is 293 g/mol. The lowest BCUT2D eigenvalue weighted by molar-refractivity contribution is 0.176. The number of imidazole rings is 1. The average Bonchev–Trinajstić information content (AvgIpc) is 2.87. The van der Waals surface area contributed by atoms with Crippen molar-refractivity contribution < 1.29 is 0 Å². The number of nitrogens with one attached hydrogen (secondary N) is 1. The molecule has 2 heterocycles. The van der Waals surface area contributed by atoms with Gasteiger partial charge in [0, 0.05) is 32.7 Å². The zero-order valence-electron chi connectivity index (χ0n) is 12.1. The van der Waals surface area contributed by atoms with Gasteiger partial charge in [-0.2, -0.15) is 0 Å². The molecule has 0 aliphatic carbocycles. The zero-order chi connectivity index (χ0) is 14.1. The summed E-state index contributed by atoms with van der Waals surface area (Å²) in [7, 11) is 0. The van der Waals surface area contributed by atoms with Crippen LogP contribution in [0.3, 0.4) is 0 Å². The lowest BCUT2D eigenvalue weighted by Gasteiger charge is -2.32. The Morgan fingerprint density at radius 2 is 2.10 bits per heavy atom. The van der Waals surface area contributed by atoms with Crippen LogP contribution < -0.4 is 5.32 Å². The van der Waals surface area contributed by atoms with E-state index in [1.54, 1.807) is 0 Å². The SMILES string of the molecule is CCn1c(C(C)N2CCNCC2)nc2cccc(Cl)c21. The van der Waals surface area contributed by atoms with E-state index in [-0.39, 0.29) is 0 Å². The molecular formula is C15H21ClN4. The Hall–Kier alpha value is -1.10. The Balaban J connectivity index is 2.04. The van der Waals surface area contributed by atoms with Crippen LogP contribution in [0.1, 0.15) is 25.7 Å². The molecule has 1 fully saturated rings. The van der Waals surface area contributed by atoms with E-state index in [0.717, 1.165) is 54.6 Å². The Kier molecular flexibility index (Phi) is 3.96. The highest BCUT2D eigenvalue weighted by Crippen LogP contribution is 2.29. The van der Waals surface area contributed by atoms with Crippen LogP contribution in [0.5, 0.6) is 0 Å². The number of hydrogen-bond acceptors (Lipinski definition) is 3. The van der Waals surface area contributed by atoms with Crippen molar-refractivity contribution in [3.63, 3.8) is 0 Å². The normalized spacial score (nSPS) is 18.6. The van der Waals surface area contributed by atoms with Gasteiger partial charge < -0.3 is 9.88 Å². The van der Waals surface area contributed by atoms with Crippen molar-refractivity contribution >= 4 is 22.6 Å². The minimum absolute atomic E-state index is 0.320. The standard InChI is InChI=1S/C15H21ClN4/c1-3-20-14-12(16)5-4-6-13(14)18-15(20)11(2)19-9-7-17-8-10-19/h4-6,11,17H,3,7-10H2,1-2H3. The van der Waals surface area contributed by atoms with Gasteiger partial charge in [-0.3, -0.25) is 4.90 Å². The summed E-state index contributed by atoms with van der Waals surface area (Å²) in [4.78, 5) is 7.32. The van der Waals surface area contributed by atoms with Crippen molar-refractivity contribution in [2.24, 2.45) is 0 Å².